The van der Waals surface area contributed by atoms with Gasteiger partial charge in [0, 0.05) is 11.9 Å². The fraction of sp³-hybridized carbons (Fsp3) is 0.143. The van der Waals surface area contributed by atoms with Gasteiger partial charge in [0.2, 0.25) is 0 Å². The van der Waals surface area contributed by atoms with Crippen molar-refractivity contribution >= 4 is 17.6 Å². The Hall–Kier alpha value is -0.493. The minimum absolute atomic E-state index is 0. The van der Waals surface area contributed by atoms with E-state index in [0.29, 0.717) is 5.69 Å². The van der Waals surface area contributed by atoms with Crippen LogP contribution < -0.4 is 18.9 Å². The molecule has 0 aliphatic carbocycles. The molecule has 1 N–H and O–H groups in total. The minimum Gasteiger partial charge on any atom is -1.00 e. The molecule has 0 aromatic carbocycles. The molecule has 5 heteroatoms. The molecule has 0 atom stereocenters. The van der Waals surface area contributed by atoms with Crippen LogP contribution in [0.4, 0.5) is 0 Å². The zero-order chi connectivity index (χ0) is 8.43. The third-order valence-electron chi connectivity index (χ3n) is 1.22. The molecule has 1 rings (SSSR count). The summed E-state index contributed by atoms with van der Waals surface area (Å²) in [7, 11) is 0. The largest absolute Gasteiger partial charge is 1.00 e. The molecule has 0 bridgehead atoms. The molecule has 1 aromatic rings. The number of aryl methyl sites for hydroxylation is 1. The van der Waals surface area contributed by atoms with Crippen molar-refractivity contribution in [2.24, 2.45) is 0 Å². The molecule has 0 saturated heterocycles. The molecule has 3 nitrogen and oxygen atoms in total. The number of aromatic nitrogens is 1. The fourth-order valence-corrected chi connectivity index (χ4v) is 0.971. The maximum atomic E-state index is 10.4. The summed E-state index contributed by atoms with van der Waals surface area (Å²) in [5.41, 5.74) is 0.747. The van der Waals surface area contributed by atoms with Crippen molar-refractivity contribution in [1.29, 1.82) is 0 Å². The van der Waals surface area contributed by atoms with E-state index >= 15 is 0 Å². The van der Waals surface area contributed by atoms with Crippen LogP contribution in [-0.2, 0) is 0 Å². The molecule has 0 radical (unpaired) electrons. The number of halogens is 1. The van der Waals surface area contributed by atoms with Crippen molar-refractivity contribution in [1.82, 2.24) is 4.98 Å². The first-order valence-corrected chi connectivity index (χ1v) is 3.34. The van der Waals surface area contributed by atoms with Crippen LogP contribution in [0.15, 0.2) is 12.3 Å². The van der Waals surface area contributed by atoms with Crippen LogP contribution in [-0.4, -0.2) is 16.1 Å². The Morgan fingerprint density at radius 1 is 1.75 bits per heavy atom. The Bertz CT molecular complexity index is 309. The quantitative estimate of drug-likeness (QED) is 0.555. The first-order valence-electron chi connectivity index (χ1n) is 2.96. The Morgan fingerprint density at radius 3 is 2.75 bits per heavy atom. The maximum Gasteiger partial charge on any atom is 1.00 e. The molecule has 0 spiro atoms. The SMILES string of the molecule is Cc1cc(Cl)c(C(=O)O)cn1.[H-].[Li+]. The van der Waals surface area contributed by atoms with Crippen LogP contribution in [0.25, 0.3) is 0 Å². The van der Waals surface area contributed by atoms with Gasteiger partial charge in [-0.2, -0.15) is 0 Å². The number of carboxylic acids is 1. The summed E-state index contributed by atoms with van der Waals surface area (Å²) in [4.78, 5) is 14.2. The first-order chi connectivity index (χ1) is 5.11. The molecule has 1 aromatic heterocycles. The van der Waals surface area contributed by atoms with E-state index in [2.05, 4.69) is 4.98 Å². The fourth-order valence-electron chi connectivity index (χ4n) is 0.684. The summed E-state index contributed by atoms with van der Waals surface area (Å²) < 4.78 is 0. The summed E-state index contributed by atoms with van der Waals surface area (Å²) >= 11 is 5.60. The molecule has 0 fully saturated rings. The average Bonchev–Trinajstić information content (AvgIpc) is 1.85. The van der Waals surface area contributed by atoms with Crippen molar-refractivity contribution in [2.75, 3.05) is 0 Å². The molecule has 60 valence electrons. The molecular formula is C7H7ClLiNO2. The van der Waals surface area contributed by atoms with Crippen LogP contribution in [0.3, 0.4) is 0 Å². The van der Waals surface area contributed by atoms with Gasteiger partial charge in [-0.15, -0.1) is 0 Å². The smallest absolute Gasteiger partial charge is 1.00 e. The van der Waals surface area contributed by atoms with Gasteiger partial charge in [-0.25, -0.2) is 4.79 Å². The second-order valence-electron chi connectivity index (χ2n) is 2.11. The van der Waals surface area contributed by atoms with Crippen molar-refractivity contribution < 1.29 is 30.2 Å². The zero-order valence-corrected chi connectivity index (χ0v) is 7.59. The number of aromatic carboxylic acids is 1. The third kappa shape index (κ3) is 2.53. The molecule has 1 heterocycles. The van der Waals surface area contributed by atoms with Crippen LogP contribution in [0.2, 0.25) is 5.02 Å². The van der Waals surface area contributed by atoms with Gasteiger partial charge in [0.15, 0.2) is 0 Å². The Labute approximate surface area is 88.4 Å². The van der Waals surface area contributed by atoms with E-state index in [4.69, 9.17) is 16.7 Å². The topological polar surface area (TPSA) is 50.2 Å². The summed E-state index contributed by atoms with van der Waals surface area (Å²) in [5.74, 6) is -1.05. The number of pyridine rings is 1. The van der Waals surface area contributed by atoms with Gasteiger partial charge in [0.1, 0.15) is 0 Å². The van der Waals surface area contributed by atoms with E-state index in [1.54, 1.807) is 6.92 Å². The number of carbonyl (C=O) groups is 1. The van der Waals surface area contributed by atoms with Crippen LogP contribution >= 0.6 is 11.6 Å². The predicted octanol–water partition coefficient (Wildman–Crippen LogP) is -1.14. The van der Waals surface area contributed by atoms with E-state index in [1.165, 1.54) is 12.3 Å². The third-order valence-corrected chi connectivity index (χ3v) is 1.53. The van der Waals surface area contributed by atoms with E-state index in [1.807, 2.05) is 0 Å². The number of nitrogens with zero attached hydrogens (tertiary/aromatic N) is 1. The summed E-state index contributed by atoms with van der Waals surface area (Å²) in [5, 5.41) is 8.76. The van der Waals surface area contributed by atoms with E-state index < -0.39 is 5.97 Å². The molecular weight excluding hydrogens is 172 g/mol. The van der Waals surface area contributed by atoms with Crippen molar-refractivity contribution in [3.63, 3.8) is 0 Å². The number of carboxylic acid groups (broad SMARTS) is 1. The minimum atomic E-state index is -1.05. The molecule has 0 unspecified atom stereocenters. The number of hydrogen-bond acceptors (Lipinski definition) is 2. The van der Waals surface area contributed by atoms with E-state index in [-0.39, 0.29) is 30.9 Å². The standard InChI is InChI=1S/C7H6ClNO2.Li.H/c1-4-2-6(8)5(3-9-4)7(10)11;;/h2-3H,1H3,(H,10,11);;/q;+1;-1. The summed E-state index contributed by atoms with van der Waals surface area (Å²) in [6, 6.07) is 1.52. The molecule has 0 amide bonds. The monoisotopic (exact) mass is 179 g/mol. The van der Waals surface area contributed by atoms with Crippen molar-refractivity contribution in [3.8, 4) is 0 Å². The van der Waals surface area contributed by atoms with Gasteiger partial charge >= 0.3 is 24.8 Å². The normalized spacial score (nSPS) is 8.83. The van der Waals surface area contributed by atoms with Crippen molar-refractivity contribution in [3.05, 3.63) is 28.5 Å². The second kappa shape index (κ2) is 4.51. The van der Waals surface area contributed by atoms with Crippen molar-refractivity contribution in [2.45, 2.75) is 6.92 Å². The Kier molecular flexibility index (Phi) is 4.33. The maximum absolute atomic E-state index is 10.4. The Balaban J connectivity index is 0. The van der Waals surface area contributed by atoms with Gasteiger partial charge < -0.3 is 6.53 Å². The predicted molar refractivity (Wildman–Crippen MR) is 42.1 cm³/mol. The van der Waals surface area contributed by atoms with Crippen LogP contribution in [0.5, 0.6) is 0 Å². The summed E-state index contributed by atoms with van der Waals surface area (Å²) in [6.07, 6.45) is 1.25. The van der Waals surface area contributed by atoms with Gasteiger partial charge in [0.25, 0.3) is 0 Å². The van der Waals surface area contributed by atoms with Gasteiger partial charge in [-0.3, -0.25) is 4.98 Å². The molecule has 12 heavy (non-hydrogen) atoms. The number of rotatable bonds is 1. The molecule has 0 aliphatic rings. The van der Waals surface area contributed by atoms with Gasteiger partial charge in [-0.05, 0) is 13.0 Å². The molecule has 0 aliphatic heterocycles. The molecule has 0 saturated carbocycles. The van der Waals surface area contributed by atoms with Crippen LogP contribution in [0.1, 0.15) is 17.5 Å². The summed E-state index contributed by atoms with van der Waals surface area (Å²) in [6.45, 7) is 1.75. The number of hydrogen-bond donors (Lipinski definition) is 1. The first kappa shape index (κ1) is 11.5. The van der Waals surface area contributed by atoms with E-state index in [0.717, 1.165) is 0 Å². The second-order valence-corrected chi connectivity index (χ2v) is 2.52. The average molecular weight is 180 g/mol. The van der Waals surface area contributed by atoms with Gasteiger partial charge in [-0.1, -0.05) is 11.6 Å². The van der Waals surface area contributed by atoms with Crippen LogP contribution in [0, 0.1) is 6.92 Å². The Morgan fingerprint density at radius 2 is 2.33 bits per heavy atom. The van der Waals surface area contributed by atoms with Gasteiger partial charge in [0.05, 0.1) is 10.6 Å². The van der Waals surface area contributed by atoms with E-state index in [9.17, 15) is 4.79 Å². The zero-order valence-electron chi connectivity index (χ0n) is 7.84.